The van der Waals surface area contributed by atoms with E-state index in [1.807, 2.05) is 19.9 Å². The summed E-state index contributed by atoms with van der Waals surface area (Å²) in [5.74, 6) is 0.253. The van der Waals surface area contributed by atoms with Gasteiger partial charge < -0.3 is 10.2 Å². The van der Waals surface area contributed by atoms with Gasteiger partial charge in [-0.1, -0.05) is 6.07 Å². The van der Waals surface area contributed by atoms with Crippen LogP contribution < -0.4 is 0 Å². The average molecular weight is 259 g/mol. The van der Waals surface area contributed by atoms with Crippen LogP contribution in [-0.4, -0.2) is 16.3 Å². The second kappa shape index (κ2) is 4.32. The van der Waals surface area contributed by atoms with Crippen molar-refractivity contribution in [3.8, 4) is 5.75 Å². The van der Waals surface area contributed by atoms with Crippen molar-refractivity contribution < 1.29 is 10.2 Å². The van der Waals surface area contributed by atoms with Crippen molar-refractivity contribution in [2.24, 2.45) is 0 Å². The van der Waals surface area contributed by atoms with E-state index in [0.717, 1.165) is 21.2 Å². The largest absolute Gasteiger partial charge is 0.506 e. The van der Waals surface area contributed by atoms with E-state index in [0.29, 0.717) is 6.42 Å². The molecule has 0 spiro atoms. The van der Waals surface area contributed by atoms with Gasteiger partial charge in [-0.25, -0.2) is 0 Å². The maximum absolute atomic E-state index is 9.85. The topological polar surface area (TPSA) is 40.5 Å². The van der Waals surface area contributed by atoms with Gasteiger partial charge in [0.15, 0.2) is 0 Å². The van der Waals surface area contributed by atoms with Crippen LogP contribution in [0.2, 0.25) is 0 Å². The first-order valence-electron chi connectivity index (χ1n) is 4.59. The van der Waals surface area contributed by atoms with E-state index in [1.165, 1.54) is 0 Å². The quantitative estimate of drug-likeness (QED) is 0.857. The monoisotopic (exact) mass is 258 g/mol. The summed E-state index contributed by atoms with van der Waals surface area (Å²) < 4.78 is 0.721. The molecule has 78 valence electrons. The Hall–Kier alpha value is -0.540. The van der Waals surface area contributed by atoms with Crippen molar-refractivity contribution in [1.29, 1.82) is 0 Å². The maximum atomic E-state index is 9.85. The third-order valence-electron chi connectivity index (χ3n) is 2.25. The minimum Gasteiger partial charge on any atom is -0.506 e. The van der Waals surface area contributed by atoms with Gasteiger partial charge in [0.2, 0.25) is 0 Å². The van der Waals surface area contributed by atoms with Gasteiger partial charge in [0.1, 0.15) is 5.75 Å². The van der Waals surface area contributed by atoms with Gasteiger partial charge in [0, 0.05) is 12.0 Å². The Bertz CT molecular complexity index is 346. The lowest BCUT2D eigenvalue weighted by Crippen LogP contribution is -2.06. The SMILES string of the molecule is Cc1cc(C)c(CC(C)O)c(O)c1Br. The van der Waals surface area contributed by atoms with Gasteiger partial charge in [0.05, 0.1) is 10.6 Å². The van der Waals surface area contributed by atoms with E-state index in [9.17, 15) is 10.2 Å². The number of aryl methyl sites for hydroxylation is 2. The second-order valence-electron chi connectivity index (χ2n) is 3.70. The summed E-state index contributed by atoms with van der Waals surface area (Å²) in [4.78, 5) is 0. The molecule has 1 atom stereocenters. The summed E-state index contributed by atoms with van der Waals surface area (Å²) >= 11 is 3.32. The molecule has 0 aliphatic carbocycles. The van der Waals surface area contributed by atoms with Crippen LogP contribution in [0.4, 0.5) is 0 Å². The third kappa shape index (κ3) is 2.28. The summed E-state index contributed by atoms with van der Waals surface area (Å²) in [6.45, 7) is 5.59. The fraction of sp³-hybridized carbons (Fsp3) is 0.455. The van der Waals surface area contributed by atoms with E-state index in [-0.39, 0.29) is 5.75 Å². The molecule has 0 radical (unpaired) electrons. The summed E-state index contributed by atoms with van der Waals surface area (Å²) in [6.07, 6.45) is 0.0468. The van der Waals surface area contributed by atoms with Crippen LogP contribution in [0.15, 0.2) is 10.5 Å². The van der Waals surface area contributed by atoms with Crippen molar-refractivity contribution in [2.75, 3.05) is 0 Å². The molecular weight excluding hydrogens is 244 g/mol. The molecule has 0 aromatic heterocycles. The molecule has 0 aliphatic rings. The number of aromatic hydroxyl groups is 1. The molecule has 0 amide bonds. The Morgan fingerprint density at radius 2 is 1.93 bits per heavy atom. The van der Waals surface area contributed by atoms with Crippen LogP contribution in [0.3, 0.4) is 0 Å². The van der Waals surface area contributed by atoms with E-state index < -0.39 is 6.10 Å². The standard InChI is InChI=1S/C11H15BrO2/c1-6-4-7(2)10(12)11(14)9(6)5-8(3)13/h4,8,13-14H,5H2,1-3H3. The highest BCUT2D eigenvalue weighted by atomic mass is 79.9. The van der Waals surface area contributed by atoms with Crippen molar-refractivity contribution in [3.05, 3.63) is 27.2 Å². The Labute approximate surface area is 92.7 Å². The number of hydrogen-bond acceptors (Lipinski definition) is 2. The predicted octanol–water partition coefficient (Wildman–Crippen LogP) is 2.69. The first-order chi connectivity index (χ1) is 6.43. The molecule has 2 N–H and O–H groups in total. The molecule has 1 rings (SSSR count). The number of hydrogen-bond donors (Lipinski definition) is 2. The Kier molecular flexibility index (Phi) is 3.56. The Balaban J connectivity index is 3.22. The fourth-order valence-corrected chi connectivity index (χ4v) is 1.89. The molecule has 0 saturated heterocycles. The molecule has 0 heterocycles. The number of phenols is 1. The number of halogens is 1. The van der Waals surface area contributed by atoms with Crippen LogP contribution in [-0.2, 0) is 6.42 Å². The van der Waals surface area contributed by atoms with E-state index in [1.54, 1.807) is 6.92 Å². The van der Waals surface area contributed by atoms with Gasteiger partial charge in [0.25, 0.3) is 0 Å². The molecule has 0 fully saturated rings. The second-order valence-corrected chi connectivity index (χ2v) is 4.50. The zero-order chi connectivity index (χ0) is 10.9. The smallest absolute Gasteiger partial charge is 0.133 e. The molecule has 14 heavy (non-hydrogen) atoms. The predicted molar refractivity (Wildman–Crippen MR) is 60.7 cm³/mol. The average Bonchev–Trinajstić information content (AvgIpc) is 2.09. The van der Waals surface area contributed by atoms with Crippen LogP contribution in [0, 0.1) is 13.8 Å². The molecule has 2 nitrogen and oxygen atoms in total. The Morgan fingerprint density at radius 1 is 1.36 bits per heavy atom. The number of rotatable bonds is 2. The Morgan fingerprint density at radius 3 is 2.43 bits per heavy atom. The van der Waals surface area contributed by atoms with Gasteiger partial charge in [-0.3, -0.25) is 0 Å². The van der Waals surface area contributed by atoms with Gasteiger partial charge in [-0.2, -0.15) is 0 Å². The van der Waals surface area contributed by atoms with E-state index in [2.05, 4.69) is 15.9 Å². The molecule has 0 bridgehead atoms. The highest BCUT2D eigenvalue weighted by Gasteiger charge is 2.13. The van der Waals surface area contributed by atoms with Crippen molar-refractivity contribution >= 4 is 15.9 Å². The zero-order valence-electron chi connectivity index (χ0n) is 8.63. The molecule has 3 heteroatoms. The van der Waals surface area contributed by atoms with Crippen LogP contribution >= 0.6 is 15.9 Å². The van der Waals surface area contributed by atoms with Crippen molar-refractivity contribution in [3.63, 3.8) is 0 Å². The van der Waals surface area contributed by atoms with Gasteiger partial charge in [-0.05, 0) is 47.8 Å². The fourth-order valence-electron chi connectivity index (χ4n) is 1.53. The number of aliphatic hydroxyl groups excluding tert-OH is 1. The first-order valence-corrected chi connectivity index (χ1v) is 5.38. The zero-order valence-corrected chi connectivity index (χ0v) is 10.2. The highest BCUT2D eigenvalue weighted by Crippen LogP contribution is 2.34. The normalized spacial score (nSPS) is 12.9. The minimum atomic E-state index is -0.436. The lowest BCUT2D eigenvalue weighted by Gasteiger charge is -2.13. The molecular formula is C11H15BrO2. The third-order valence-corrected chi connectivity index (χ3v) is 3.25. The molecule has 0 saturated carbocycles. The number of phenolic OH excluding ortho intramolecular Hbond substituents is 1. The summed E-state index contributed by atoms with van der Waals surface area (Å²) in [7, 11) is 0. The lowest BCUT2D eigenvalue weighted by molar-refractivity contribution is 0.194. The molecule has 1 unspecified atom stereocenters. The van der Waals surface area contributed by atoms with Gasteiger partial charge >= 0.3 is 0 Å². The highest BCUT2D eigenvalue weighted by molar-refractivity contribution is 9.10. The van der Waals surface area contributed by atoms with Crippen molar-refractivity contribution in [1.82, 2.24) is 0 Å². The maximum Gasteiger partial charge on any atom is 0.133 e. The first kappa shape index (κ1) is 11.5. The van der Waals surface area contributed by atoms with Crippen molar-refractivity contribution in [2.45, 2.75) is 33.3 Å². The molecule has 1 aromatic carbocycles. The number of benzene rings is 1. The summed E-state index contributed by atoms with van der Waals surface area (Å²) in [6, 6.07) is 2.00. The summed E-state index contributed by atoms with van der Waals surface area (Å²) in [5.41, 5.74) is 2.84. The van der Waals surface area contributed by atoms with E-state index >= 15 is 0 Å². The summed E-state index contributed by atoms with van der Waals surface area (Å²) in [5, 5.41) is 19.1. The molecule has 1 aromatic rings. The minimum absolute atomic E-state index is 0.253. The van der Waals surface area contributed by atoms with E-state index in [4.69, 9.17) is 0 Å². The molecule has 0 aliphatic heterocycles. The van der Waals surface area contributed by atoms with Gasteiger partial charge in [-0.15, -0.1) is 0 Å². The van der Waals surface area contributed by atoms with Crippen LogP contribution in [0.1, 0.15) is 23.6 Å². The number of aliphatic hydroxyl groups is 1. The lowest BCUT2D eigenvalue weighted by atomic mass is 9.99. The van der Waals surface area contributed by atoms with Crippen LogP contribution in [0.5, 0.6) is 5.75 Å². The van der Waals surface area contributed by atoms with Crippen LogP contribution in [0.25, 0.3) is 0 Å².